The molecule has 0 saturated carbocycles. The van der Waals surface area contributed by atoms with E-state index >= 15 is 0 Å². The van der Waals surface area contributed by atoms with Crippen LogP contribution in [0.15, 0.2) is 30.6 Å². The number of rotatable bonds is 3. The lowest BCUT2D eigenvalue weighted by atomic mass is 9.93. The number of pyridine rings is 1. The molecule has 3 rings (SSSR count). The molecule has 2 unspecified atom stereocenters. The van der Waals surface area contributed by atoms with Gasteiger partial charge in [-0.05, 0) is 32.4 Å². The Kier molecular flexibility index (Phi) is 3.25. The maximum absolute atomic E-state index is 11.1. The van der Waals surface area contributed by atoms with Gasteiger partial charge in [0.2, 0.25) is 0 Å². The molecule has 0 aliphatic carbocycles. The summed E-state index contributed by atoms with van der Waals surface area (Å²) in [5.41, 5.74) is 0.765. The lowest BCUT2D eigenvalue weighted by Crippen LogP contribution is -2.41. The Bertz CT molecular complexity index is 704. The fourth-order valence-corrected chi connectivity index (χ4v) is 2.75. The Morgan fingerprint density at radius 2 is 2.24 bits per heavy atom. The van der Waals surface area contributed by atoms with Gasteiger partial charge in [0.25, 0.3) is 5.69 Å². The summed E-state index contributed by atoms with van der Waals surface area (Å²) in [5.74, 6) is 0. The molecule has 1 N–H and O–H groups in total. The van der Waals surface area contributed by atoms with Gasteiger partial charge in [0, 0.05) is 36.1 Å². The lowest BCUT2D eigenvalue weighted by Gasteiger charge is -2.30. The van der Waals surface area contributed by atoms with Crippen molar-refractivity contribution in [2.75, 3.05) is 11.9 Å². The van der Waals surface area contributed by atoms with Crippen molar-refractivity contribution >= 4 is 22.1 Å². The fourth-order valence-electron chi connectivity index (χ4n) is 2.75. The fraction of sp³-hybridized carbons (Fsp3) is 0.400. The van der Waals surface area contributed by atoms with E-state index in [-0.39, 0.29) is 22.3 Å². The van der Waals surface area contributed by atoms with Crippen LogP contribution in [-0.2, 0) is 4.74 Å². The third kappa shape index (κ3) is 2.31. The minimum absolute atomic E-state index is 0.0828. The molecule has 1 aliphatic rings. The molecule has 2 aromatic rings. The van der Waals surface area contributed by atoms with Crippen molar-refractivity contribution in [1.82, 2.24) is 4.98 Å². The number of anilines is 1. The molecule has 1 aliphatic heterocycles. The summed E-state index contributed by atoms with van der Waals surface area (Å²) in [4.78, 5) is 14.9. The summed E-state index contributed by atoms with van der Waals surface area (Å²) < 4.78 is 5.63. The number of fused-ring (bicyclic) bond motifs is 1. The van der Waals surface area contributed by atoms with Crippen LogP contribution < -0.4 is 5.32 Å². The Morgan fingerprint density at radius 3 is 2.90 bits per heavy atom. The van der Waals surface area contributed by atoms with Crippen LogP contribution >= 0.6 is 0 Å². The summed E-state index contributed by atoms with van der Waals surface area (Å²) in [5, 5.41) is 16.0. The molecule has 21 heavy (non-hydrogen) atoms. The number of benzene rings is 1. The molecule has 1 fully saturated rings. The highest BCUT2D eigenvalue weighted by molar-refractivity contribution is 5.99. The normalized spacial score (nSPS) is 25.1. The van der Waals surface area contributed by atoms with Gasteiger partial charge in [-0.2, -0.15) is 0 Å². The number of hydrogen-bond acceptors (Lipinski definition) is 5. The molecule has 2 heterocycles. The highest BCUT2D eigenvalue weighted by Crippen LogP contribution is 2.35. The van der Waals surface area contributed by atoms with Crippen molar-refractivity contribution in [3.63, 3.8) is 0 Å². The Hall–Kier alpha value is -2.21. The zero-order valence-electron chi connectivity index (χ0n) is 12.0. The van der Waals surface area contributed by atoms with Crippen molar-refractivity contribution in [1.29, 1.82) is 0 Å². The Labute approximate surface area is 122 Å². The number of hydrogen-bond donors (Lipinski definition) is 1. The molecule has 1 aromatic carbocycles. The number of nitro benzene ring substituents is 1. The van der Waals surface area contributed by atoms with E-state index in [0.29, 0.717) is 12.0 Å². The van der Waals surface area contributed by atoms with E-state index in [0.717, 1.165) is 17.5 Å². The van der Waals surface area contributed by atoms with Gasteiger partial charge in [-0.3, -0.25) is 15.1 Å². The number of ether oxygens (including phenoxy) is 1. The first kappa shape index (κ1) is 13.8. The van der Waals surface area contributed by atoms with E-state index in [1.165, 1.54) is 6.07 Å². The van der Waals surface area contributed by atoms with Crippen molar-refractivity contribution in [3.8, 4) is 0 Å². The van der Waals surface area contributed by atoms with Gasteiger partial charge in [0.05, 0.1) is 22.0 Å². The van der Waals surface area contributed by atoms with E-state index < -0.39 is 0 Å². The van der Waals surface area contributed by atoms with Gasteiger partial charge in [-0.25, -0.2) is 0 Å². The average Bonchev–Trinajstić information content (AvgIpc) is 2.78. The van der Waals surface area contributed by atoms with E-state index in [9.17, 15) is 10.1 Å². The summed E-state index contributed by atoms with van der Waals surface area (Å²) in [6.07, 6.45) is 4.21. The predicted molar refractivity (Wildman–Crippen MR) is 80.5 cm³/mol. The molecule has 0 radical (unpaired) electrons. The minimum atomic E-state index is -0.366. The Balaban J connectivity index is 2.08. The van der Waals surface area contributed by atoms with Gasteiger partial charge in [0.15, 0.2) is 0 Å². The van der Waals surface area contributed by atoms with Crippen molar-refractivity contribution < 1.29 is 9.66 Å². The third-order valence-corrected chi connectivity index (χ3v) is 4.30. The SMILES string of the molecule is CC1OCCC1(C)Nc1ccc([N+](=O)[O-])c2ccncc12. The van der Waals surface area contributed by atoms with Crippen molar-refractivity contribution in [2.45, 2.75) is 31.9 Å². The zero-order chi connectivity index (χ0) is 15.0. The van der Waals surface area contributed by atoms with Crippen LogP contribution in [-0.4, -0.2) is 28.2 Å². The first-order valence-corrected chi connectivity index (χ1v) is 6.92. The second kappa shape index (κ2) is 4.96. The van der Waals surface area contributed by atoms with E-state index in [1.807, 2.05) is 6.92 Å². The molecular weight excluding hydrogens is 270 g/mol. The molecule has 1 aromatic heterocycles. The standard InChI is InChI=1S/C15H17N3O3/c1-10-15(2,6-8-21-10)17-13-3-4-14(18(19)20)11-5-7-16-9-12(11)13/h3-5,7,9-10,17H,6,8H2,1-2H3. The largest absolute Gasteiger partial charge is 0.377 e. The zero-order valence-corrected chi connectivity index (χ0v) is 12.0. The first-order valence-electron chi connectivity index (χ1n) is 6.92. The van der Waals surface area contributed by atoms with E-state index in [1.54, 1.807) is 24.5 Å². The van der Waals surface area contributed by atoms with Gasteiger partial charge in [-0.1, -0.05) is 0 Å². The summed E-state index contributed by atoms with van der Waals surface area (Å²) in [6, 6.07) is 4.96. The van der Waals surface area contributed by atoms with Gasteiger partial charge < -0.3 is 10.1 Å². The number of non-ortho nitro benzene ring substituents is 1. The molecule has 1 saturated heterocycles. The topological polar surface area (TPSA) is 77.3 Å². The quantitative estimate of drug-likeness (QED) is 0.693. The van der Waals surface area contributed by atoms with Crippen LogP contribution in [0, 0.1) is 10.1 Å². The molecule has 0 amide bonds. The van der Waals surface area contributed by atoms with Crippen molar-refractivity contribution in [3.05, 3.63) is 40.7 Å². The maximum atomic E-state index is 11.1. The third-order valence-electron chi connectivity index (χ3n) is 4.30. The number of nitrogens with zero attached hydrogens (tertiary/aromatic N) is 2. The molecular formula is C15H17N3O3. The van der Waals surface area contributed by atoms with Crippen LogP contribution in [0.4, 0.5) is 11.4 Å². The van der Waals surface area contributed by atoms with Crippen LogP contribution in [0.25, 0.3) is 10.8 Å². The lowest BCUT2D eigenvalue weighted by molar-refractivity contribution is -0.383. The Morgan fingerprint density at radius 1 is 1.43 bits per heavy atom. The molecule has 6 nitrogen and oxygen atoms in total. The monoisotopic (exact) mass is 287 g/mol. The van der Waals surface area contributed by atoms with Gasteiger partial charge in [0.1, 0.15) is 0 Å². The van der Waals surface area contributed by atoms with Crippen LogP contribution in [0.1, 0.15) is 20.3 Å². The molecule has 2 atom stereocenters. The maximum Gasteiger partial charge on any atom is 0.277 e. The summed E-state index contributed by atoms with van der Waals surface area (Å²) in [7, 11) is 0. The molecule has 0 spiro atoms. The minimum Gasteiger partial charge on any atom is -0.377 e. The predicted octanol–water partition coefficient (Wildman–Crippen LogP) is 3.12. The molecule has 110 valence electrons. The van der Waals surface area contributed by atoms with E-state index in [4.69, 9.17) is 4.74 Å². The van der Waals surface area contributed by atoms with Gasteiger partial charge >= 0.3 is 0 Å². The van der Waals surface area contributed by atoms with Crippen LogP contribution in [0.5, 0.6) is 0 Å². The smallest absolute Gasteiger partial charge is 0.277 e. The number of nitro groups is 1. The number of nitrogens with one attached hydrogen (secondary N) is 1. The second-order valence-electron chi connectivity index (χ2n) is 5.62. The highest BCUT2D eigenvalue weighted by Gasteiger charge is 2.37. The summed E-state index contributed by atoms with van der Waals surface area (Å²) in [6.45, 7) is 4.86. The van der Waals surface area contributed by atoms with E-state index in [2.05, 4.69) is 17.2 Å². The van der Waals surface area contributed by atoms with Gasteiger partial charge in [-0.15, -0.1) is 0 Å². The average molecular weight is 287 g/mol. The second-order valence-corrected chi connectivity index (χ2v) is 5.62. The van der Waals surface area contributed by atoms with Crippen LogP contribution in [0.3, 0.4) is 0 Å². The first-order chi connectivity index (χ1) is 10.0. The number of aromatic nitrogens is 1. The summed E-state index contributed by atoms with van der Waals surface area (Å²) >= 11 is 0. The van der Waals surface area contributed by atoms with Crippen molar-refractivity contribution in [2.24, 2.45) is 0 Å². The molecule has 0 bridgehead atoms. The highest BCUT2D eigenvalue weighted by atomic mass is 16.6. The molecule has 6 heteroatoms. The van der Waals surface area contributed by atoms with Crippen LogP contribution in [0.2, 0.25) is 0 Å².